The summed E-state index contributed by atoms with van der Waals surface area (Å²) in [6.07, 6.45) is 0. The van der Waals surface area contributed by atoms with Crippen molar-refractivity contribution in [1.29, 1.82) is 0 Å². The molecule has 0 heterocycles. The van der Waals surface area contributed by atoms with Crippen LogP contribution in [0, 0.1) is 0 Å². The Hall–Kier alpha value is -1.79. The molecule has 7 nitrogen and oxygen atoms in total. The molecule has 7 heteroatoms. The fourth-order valence-corrected chi connectivity index (χ4v) is 1.23. The zero-order valence-corrected chi connectivity index (χ0v) is 10.6. The first kappa shape index (κ1) is 15.2. The quantitative estimate of drug-likeness (QED) is 0.710. The minimum atomic E-state index is -1.11. The molecule has 0 aromatic heterocycles. The highest BCUT2D eigenvalue weighted by molar-refractivity contribution is 5.85. The normalized spacial score (nSPS) is 10.8. The van der Waals surface area contributed by atoms with Gasteiger partial charge in [-0.25, -0.2) is 4.79 Å². The molecule has 0 radical (unpaired) electrons. The molecule has 0 aromatic rings. The van der Waals surface area contributed by atoms with E-state index >= 15 is 0 Å². The Labute approximate surface area is 100 Å². The van der Waals surface area contributed by atoms with Crippen LogP contribution in [0.5, 0.6) is 0 Å². The molecule has 0 aliphatic carbocycles. The van der Waals surface area contributed by atoms with Gasteiger partial charge in [-0.05, 0) is 20.8 Å². The molecule has 0 aromatic carbocycles. The first-order valence-electron chi connectivity index (χ1n) is 5.08. The summed E-state index contributed by atoms with van der Waals surface area (Å²) in [5.41, 5.74) is 4.32. The second-order valence-corrected chi connectivity index (χ2v) is 4.76. The maximum atomic E-state index is 11.9. The molecule has 0 saturated carbocycles. The van der Waals surface area contributed by atoms with E-state index in [1.165, 1.54) is 7.05 Å². The number of aliphatic carboxylic acids is 1. The van der Waals surface area contributed by atoms with E-state index in [0.29, 0.717) is 0 Å². The summed E-state index contributed by atoms with van der Waals surface area (Å²) in [4.78, 5) is 35.6. The second-order valence-electron chi connectivity index (χ2n) is 4.76. The number of urea groups is 1. The van der Waals surface area contributed by atoms with Gasteiger partial charge in [0.1, 0.15) is 13.1 Å². The third kappa shape index (κ3) is 5.19. The van der Waals surface area contributed by atoms with Crippen molar-refractivity contribution in [2.75, 3.05) is 20.1 Å². The van der Waals surface area contributed by atoms with E-state index in [-0.39, 0.29) is 6.54 Å². The average molecular weight is 245 g/mol. The van der Waals surface area contributed by atoms with E-state index in [4.69, 9.17) is 10.8 Å². The molecule has 98 valence electrons. The number of nitrogens with zero attached hydrogens (tertiary/aromatic N) is 2. The lowest BCUT2D eigenvalue weighted by Crippen LogP contribution is -2.54. The Morgan fingerprint density at radius 2 is 1.65 bits per heavy atom. The number of primary amides is 1. The van der Waals surface area contributed by atoms with Crippen molar-refractivity contribution in [1.82, 2.24) is 9.80 Å². The standard InChI is InChI=1S/C10H19N3O4/c1-10(2,3)13(6-8(15)16)9(17)12(4)5-7(11)14/h5-6H2,1-4H3,(H2,11,14)(H,15,16). The van der Waals surface area contributed by atoms with E-state index in [0.717, 1.165) is 9.80 Å². The van der Waals surface area contributed by atoms with Crippen molar-refractivity contribution in [3.05, 3.63) is 0 Å². The molecular formula is C10H19N3O4. The highest BCUT2D eigenvalue weighted by atomic mass is 16.4. The topological polar surface area (TPSA) is 104 Å². The first-order chi connectivity index (χ1) is 7.55. The summed E-state index contributed by atoms with van der Waals surface area (Å²) >= 11 is 0. The number of carboxylic acids is 1. The predicted molar refractivity (Wildman–Crippen MR) is 61.3 cm³/mol. The molecule has 0 spiro atoms. The summed E-state index contributed by atoms with van der Waals surface area (Å²) in [5.74, 6) is -1.76. The van der Waals surface area contributed by atoms with Crippen molar-refractivity contribution >= 4 is 17.9 Å². The van der Waals surface area contributed by atoms with Gasteiger partial charge in [-0.15, -0.1) is 0 Å². The van der Waals surface area contributed by atoms with Crippen molar-refractivity contribution in [3.8, 4) is 0 Å². The lowest BCUT2D eigenvalue weighted by molar-refractivity contribution is -0.138. The Morgan fingerprint density at radius 3 is 1.94 bits per heavy atom. The van der Waals surface area contributed by atoms with Gasteiger partial charge < -0.3 is 20.6 Å². The molecule has 0 saturated heterocycles. The molecule has 3 amide bonds. The van der Waals surface area contributed by atoms with Gasteiger partial charge in [0, 0.05) is 12.6 Å². The molecule has 0 fully saturated rings. The van der Waals surface area contributed by atoms with Gasteiger partial charge in [0.2, 0.25) is 5.91 Å². The van der Waals surface area contributed by atoms with Gasteiger partial charge in [-0.3, -0.25) is 9.59 Å². The number of nitrogens with two attached hydrogens (primary N) is 1. The molecule has 0 aliphatic rings. The SMILES string of the molecule is CN(CC(N)=O)C(=O)N(CC(=O)O)C(C)(C)C. The van der Waals surface area contributed by atoms with Gasteiger partial charge in [0.25, 0.3) is 0 Å². The lowest BCUT2D eigenvalue weighted by atomic mass is 10.1. The monoisotopic (exact) mass is 245 g/mol. The third-order valence-electron chi connectivity index (χ3n) is 2.05. The van der Waals surface area contributed by atoms with Crippen molar-refractivity contribution in [2.24, 2.45) is 5.73 Å². The zero-order valence-electron chi connectivity index (χ0n) is 10.6. The van der Waals surface area contributed by atoms with E-state index in [1.807, 2.05) is 0 Å². The minimum absolute atomic E-state index is 0.245. The first-order valence-corrected chi connectivity index (χ1v) is 5.08. The van der Waals surface area contributed by atoms with E-state index in [1.54, 1.807) is 20.8 Å². The number of rotatable bonds is 4. The number of carbonyl (C=O) groups excluding carboxylic acids is 2. The van der Waals surface area contributed by atoms with Crippen LogP contribution in [0.25, 0.3) is 0 Å². The molecule has 17 heavy (non-hydrogen) atoms. The third-order valence-corrected chi connectivity index (χ3v) is 2.05. The predicted octanol–water partition coefficient (Wildman–Crippen LogP) is -0.291. The van der Waals surface area contributed by atoms with Crippen LogP contribution in [0.2, 0.25) is 0 Å². The maximum Gasteiger partial charge on any atom is 0.323 e. The molecule has 0 unspecified atom stereocenters. The lowest BCUT2D eigenvalue weighted by Gasteiger charge is -2.36. The Balaban J connectivity index is 4.87. The van der Waals surface area contributed by atoms with Crippen molar-refractivity contribution in [2.45, 2.75) is 26.3 Å². The fraction of sp³-hybridized carbons (Fsp3) is 0.700. The smallest absolute Gasteiger partial charge is 0.323 e. The summed E-state index contributed by atoms with van der Waals surface area (Å²) < 4.78 is 0. The zero-order chi connectivity index (χ0) is 13.8. The Kier molecular flexibility index (Phi) is 4.93. The number of hydrogen-bond donors (Lipinski definition) is 2. The van der Waals surface area contributed by atoms with Crippen LogP contribution in [-0.4, -0.2) is 58.5 Å². The van der Waals surface area contributed by atoms with Crippen LogP contribution < -0.4 is 5.73 Å². The number of likely N-dealkylation sites (N-methyl/N-ethyl adjacent to an activating group) is 1. The molecule has 0 atom stereocenters. The minimum Gasteiger partial charge on any atom is -0.480 e. The second kappa shape index (κ2) is 5.51. The van der Waals surface area contributed by atoms with Crippen LogP contribution in [0.1, 0.15) is 20.8 Å². The van der Waals surface area contributed by atoms with E-state index < -0.39 is 30.0 Å². The van der Waals surface area contributed by atoms with Gasteiger partial charge in [-0.1, -0.05) is 0 Å². The number of amides is 3. The molecule has 0 aliphatic heterocycles. The van der Waals surface area contributed by atoms with Gasteiger partial charge in [0.15, 0.2) is 0 Å². The summed E-state index contributed by atoms with van der Waals surface area (Å²) in [7, 11) is 1.40. The Morgan fingerprint density at radius 1 is 1.18 bits per heavy atom. The van der Waals surface area contributed by atoms with Crippen LogP contribution >= 0.6 is 0 Å². The van der Waals surface area contributed by atoms with Crippen LogP contribution in [0.15, 0.2) is 0 Å². The van der Waals surface area contributed by atoms with Gasteiger partial charge in [0.05, 0.1) is 0 Å². The molecular weight excluding hydrogens is 226 g/mol. The fourth-order valence-electron chi connectivity index (χ4n) is 1.23. The average Bonchev–Trinajstić information content (AvgIpc) is 2.09. The van der Waals surface area contributed by atoms with Crippen molar-refractivity contribution < 1.29 is 19.5 Å². The molecule has 3 N–H and O–H groups in total. The van der Waals surface area contributed by atoms with Crippen molar-refractivity contribution in [3.63, 3.8) is 0 Å². The maximum absolute atomic E-state index is 11.9. The van der Waals surface area contributed by atoms with Gasteiger partial charge >= 0.3 is 12.0 Å². The number of hydrogen-bond acceptors (Lipinski definition) is 3. The summed E-state index contributed by atoms with van der Waals surface area (Å²) in [6.45, 7) is 4.47. The highest BCUT2D eigenvalue weighted by Gasteiger charge is 2.30. The highest BCUT2D eigenvalue weighted by Crippen LogP contribution is 2.14. The summed E-state index contributed by atoms with van der Waals surface area (Å²) in [6, 6.07) is -0.543. The largest absolute Gasteiger partial charge is 0.480 e. The van der Waals surface area contributed by atoms with E-state index in [2.05, 4.69) is 0 Å². The molecule has 0 bridgehead atoms. The number of carboxylic acid groups (broad SMARTS) is 1. The summed E-state index contributed by atoms with van der Waals surface area (Å²) in [5, 5.41) is 8.76. The van der Waals surface area contributed by atoms with Crippen LogP contribution in [-0.2, 0) is 9.59 Å². The van der Waals surface area contributed by atoms with Crippen LogP contribution in [0.4, 0.5) is 4.79 Å². The van der Waals surface area contributed by atoms with E-state index in [9.17, 15) is 14.4 Å². The molecule has 0 rings (SSSR count). The van der Waals surface area contributed by atoms with Gasteiger partial charge in [-0.2, -0.15) is 0 Å². The van der Waals surface area contributed by atoms with Crippen LogP contribution in [0.3, 0.4) is 0 Å². The Bertz CT molecular complexity index is 322. The number of carbonyl (C=O) groups is 3.